The molecule has 0 aliphatic heterocycles. The van der Waals surface area contributed by atoms with Gasteiger partial charge in [0.1, 0.15) is 0 Å². The first kappa shape index (κ1) is 8.39. The van der Waals surface area contributed by atoms with Crippen LogP contribution in [0.5, 0.6) is 0 Å². The van der Waals surface area contributed by atoms with Gasteiger partial charge < -0.3 is 0 Å². The van der Waals surface area contributed by atoms with E-state index >= 15 is 0 Å². The van der Waals surface area contributed by atoms with Gasteiger partial charge in [-0.2, -0.15) is 0 Å². The molecule has 0 nitrogen and oxygen atoms in total. The molecule has 0 spiro atoms. The van der Waals surface area contributed by atoms with Gasteiger partial charge in [0, 0.05) is 3.57 Å². The Hall–Kier alpha value is 0.290. The van der Waals surface area contributed by atoms with Crippen LogP contribution in [0.25, 0.3) is 0 Å². The summed E-state index contributed by atoms with van der Waals surface area (Å²) in [7, 11) is 0. The number of benzene rings is 1. The van der Waals surface area contributed by atoms with Crippen LogP contribution < -0.4 is 0 Å². The number of halogens is 4. The first-order valence-corrected chi connectivity index (χ1v) is 4.29. The molecule has 0 unspecified atom stereocenters. The zero-order chi connectivity index (χ0) is 7.72. The van der Waals surface area contributed by atoms with Crippen LogP contribution in [0.3, 0.4) is 0 Å². The van der Waals surface area contributed by atoms with E-state index < -0.39 is 11.6 Å². The van der Waals surface area contributed by atoms with Crippen molar-refractivity contribution < 1.29 is 8.78 Å². The van der Waals surface area contributed by atoms with E-state index in [2.05, 4.69) is 15.9 Å². The van der Waals surface area contributed by atoms with Crippen LogP contribution in [0.4, 0.5) is 8.78 Å². The second kappa shape index (κ2) is 3.13. The molecule has 0 aliphatic rings. The lowest BCUT2D eigenvalue weighted by atomic mass is 10.3. The van der Waals surface area contributed by atoms with Crippen molar-refractivity contribution in [2.45, 2.75) is 0 Å². The lowest BCUT2D eigenvalue weighted by Gasteiger charge is -1.96. The van der Waals surface area contributed by atoms with E-state index in [1.165, 1.54) is 6.07 Å². The molecule has 0 atom stereocenters. The van der Waals surface area contributed by atoms with Crippen LogP contribution in [0.2, 0.25) is 0 Å². The highest BCUT2D eigenvalue weighted by atomic mass is 127. The molecule has 1 aromatic rings. The summed E-state index contributed by atoms with van der Waals surface area (Å²) in [5.41, 5.74) is 0. The summed E-state index contributed by atoms with van der Waals surface area (Å²) >= 11 is 4.82. The summed E-state index contributed by atoms with van der Waals surface area (Å²) in [5.74, 6) is -1.65. The van der Waals surface area contributed by atoms with Gasteiger partial charge in [0.15, 0.2) is 11.6 Å². The van der Waals surface area contributed by atoms with Gasteiger partial charge in [0.2, 0.25) is 0 Å². The Bertz CT molecular complexity index is 235. The monoisotopic (exact) mass is 318 g/mol. The highest BCUT2D eigenvalue weighted by Gasteiger charge is 2.07. The zero-order valence-corrected chi connectivity index (χ0v) is 8.41. The lowest BCUT2D eigenvalue weighted by molar-refractivity contribution is 0.503. The van der Waals surface area contributed by atoms with Crippen molar-refractivity contribution in [3.63, 3.8) is 0 Å². The summed E-state index contributed by atoms with van der Waals surface area (Å²) in [5, 5.41) is 0. The Labute approximate surface area is 78.9 Å². The third-order valence-electron chi connectivity index (χ3n) is 0.988. The Morgan fingerprint density at radius 1 is 1.30 bits per heavy atom. The van der Waals surface area contributed by atoms with E-state index in [4.69, 9.17) is 0 Å². The summed E-state index contributed by atoms with van der Waals surface area (Å²) < 4.78 is 25.8. The maximum atomic E-state index is 12.6. The molecule has 0 aromatic heterocycles. The average Bonchev–Trinajstić information content (AvgIpc) is 1.93. The molecule has 0 aliphatic carbocycles. The van der Waals surface area contributed by atoms with E-state index in [1.54, 1.807) is 0 Å². The Balaban J connectivity index is 3.34. The van der Waals surface area contributed by atoms with E-state index in [0.717, 1.165) is 6.07 Å². The lowest BCUT2D eigenvalue weighted by Crippen LogP contribution is -1.86. The third-order valence-corrected chi connectivity index (χ3v) is 3.40. The Morgan fingerprint density at radius 3 is 2.40 bits per heavy atom. The molecule has 0 saturated heterocycles. The highest BCUT2D eigenvalue weighted by Crippen LogP contribution is 2.23. The number of rotatable bonds is 0. The van der Waals surface area contributed by atoms with Crippen molar-refractivity contribution in [1.82, 2.24) is 0 Å². The smallest absolute Gasteiger partial charge is 0.174 e. The molecule has 10 heavy (non-hydrogen) atoms. The predicted molar refractivity (Wildman–Crippen MR) is 46.8 cm³/mol. The molecule has 0 heterocycles. The number of hydrogen-bond acceptors (Lipinski definition) is 0. The van der Waals surface area contributed by atoms with Crippen LogP contribution in [-0.2, 0) is 0 Å². The van der Waals surface area contributed by atoms with Crippen LogP contribution in [0, 0.1) is 15.2 Å². The van der Waals surface area contributed by atoms with Crippen molar-refractivity contribution in [2.24, 2.45) is 0 Å². The second-order valence-electron chi connectivity index (χ2n) is 1.66. The van der Waals surface area contributed by atoms with Crippen LogP contribution in [0.15, 0.2) is 16.6 Å². The molecule has 54 valence electrons. The normalized spacial score (nSPS) is 10.0. The van der Waals surface area contributed by atoms with Crippen molar-refractivity contribution >= 4 is 38.5 Å². The van der Waals surface area contributed by atoms with Gasteiger partial charge in [-0.1, -0.05) is 0 Å². The maximum absolute atomic E-state index is 12.6. The molecule has 1 rings (SSSR count). The fraction of sp³-hybridized carbons (Fsp3) is 0. The fourth-order valence-corrected chi connectivity index (χ4v) is 1.24. The summed E-state index contributed by atoms with van der Waals surface area (Å²) in [6, 6.07) is 2.60. The molecule has 0 amide bonds. The molecule has 0 bridgehead atoms. The summed E-state index contributed by atoms with van der Waals surface area (Å²) in [6.07, 6.45) is 0. The average molecular weight is 319 g/mol. The molecule has 0 radical (unpaired) electrons. The molecule has 0 N–H and O–H groups in total. The van der Waals surface area contributed by atoms with E-state index in [1.807, 2.05) is 22.6 Å². The topological polar surface area (TPSA) is 0 Å². The maximum Gasteiger partial charge on any atom is 0.174 e. The largest absolute Gasteiger partial charge is 0.204 e. The molecular formula is C6H2BrF2I. The van der Waals surface area contributed by atoms with Gasteiger partial charge >= 0.3 is 0 Å². The molecule has 4 heteroatoms. The van der Waals surface area contributed by atoms with Gasteiger partial charge in [0.25, 0.3) is 0 Å². The predicted octanol–water partition coefficient (Wildman–Crippen LogP) is 3.33. The quantitative estimate of drug-likeness (QED) is 0.391. The van der Waals surface area contributed by atoms with Crippen molar-refractivity contribution in [3.8, 4) is 0 Å². The molecule has 0 saturated carbocycles. The van der Waals surface area contributed by atoms with E-state index in [-0.39, 0.29) is 4.47 Å². The molecule has 1 aromatic carbocycles. The van der Waals surface area contributed by atoms with E-state index in [0.29, 0.717) is 3.57 Å². The SMILES string of the molecule is Fc1ccc(I)c(Br)c1F. The van der Waals surface area contributed by atoms with Crippen molar-refractivity contribution in [3.05, 3.63) is 31.8 Å². The fourth-order valence-electron chi connectivity index (χ4n) is 0.502. The minimum Gasteiger partial charge on any atom is -0.204 e. The standard InChI is InChI=1S/C6H2BrF2I/c7-5-4(10)2-1-3(8)6(5)9/h1-2H. The minimum atomic E-state index is -0.827. The van der Waals surface area contributed by atoms with Gasteiger partial charge in [-0.05, 0) is 50.7 Å². The first-order valence-electron chi connectivity index (χ1n) is 2.42. The van der Waals surface area contributed by atoms with Crippen LogP contribution in [0.1, 0.15) is 0 Å². The second-order valence-corrected chi connectivity index (χ2v) is 3.61. The zero-order valence-electron chi connectivity index (χ0n) is 4.67. The van der Waals surface area contributed by atoms with Gasteiger partial charge in [-0.15, -0.1) is 0 Å². The van der Waals surface area contributed by atoms with Crippen molar-refractivity contribution in [2.75, 3.05) is 0 Å². The summed E-state index contributed by atoms with van der Waals surface area (Å²) in [6.45, 7) is 0. The third kappa shape index (κ3) is 1.47. The van der Waals surface area contributed by atoms with Gasteiger partial charge in [0.05, 0.1) is 4.47 Å². The van der Waals surface area contributed by atoms with E-state index in [9.17, 15) is 8.78 Å². The number of hydrogen-bond donors (Lipinski definition) is 0. The van der Waals surface area contributed by atoms with Crippen LogP contribution in [-0.4, -0.2) is 0 Å². The van der Waals surface area contributed by atoms with Crippen molar-refractivity contribution in [1.29, 1.82) is 0 Å². The van der Waals surface area contributed by atoms with Gasteiger partial charge in [-0.3, -0.25) is 0 Å². The first-order chi connectivity index (χ1) is 4.63. The molecular weight excluding hydrogens is 317 g/mol. The van der Waals surface area contributed by atoms with Crippen LogP contribution >= 0.6 is 38.5 Å². The Morgan fingerprint density at radius 2 is 1.90 bits per heavy atom. The Kier molecular flexibility index (Phi) is 2.62. The minimum absolute atomic E-state index is 0.188. The summed E-state index contributed by atoms with van der Waals surface area (Å²) in [4.78, 5) is 0. The molecule has 0 fully saturated rings. The highest BCUT2D eigenvalue weighted by molar-refractivity contribution is 14.1. The van der Waals surface area contributed by atoms with Gasteiger partial charge in [-0.25, -0.2) is 8.78 Å².